The van der Waals surface area contributed by atoms with E-state index < -0.39 is 0 Å². The first-order chi connectivity index (χ1) is 9.08. The topological polar surface area (TPSA) is 52.0 Å². The summed E-state index contributed by atoms with van der Waals surface area (Å²) in [5.41, 5.74) is 3.21. The Morgan fingerprint density at radius 3 is 2.68 bits per heavy atom. The van der Waals surface area contributed by atoms with Gasteiger partial charge in [0.15, 0.2) is 4.60 Å². The lowest BCUT2D eigenvalue weighted by Crippen LogP contribution is -2.21. The molecule has 0 radical (unpaired) electrons. The molecular weight excluding hydrogens is 308 g/mol. The highest BCUT2D eigenvalue weighted by atomic mass is 79.9. The summed E-state index contributed by atoms with van der Waals surface area (Å²) < 4.78 is 7.95. The monoisotopic (exact) mass is 324 g/mol. The summed E-state index contributed by atoms with van der Waals surface area (Å²) in [5.74, 6) is 0.845. The summed E-state index contributed by atoms with van der Waals surface area (Å²) in [4.78, 5) is 0. The van der Waals surface area contributed by atoms with Crippen LogP contribution < -0.4 is 10.1 Å². The Kier molecular flexibility index (Phi) is 4.21. The maximum atomic E-state index is 5.46. The van der Waals surface area contributed by atoms with Crippen LogP contribution in [0.1, 0.15) is 22.9 Å². The van der Waals surface area contributed by atoms with Crippen LogP contribution in [0.3, 0.4) is 0 Å². The lowest BCUT2D eigenvalue weighted by molar-refractivity contribution is 0.404. The third-order valence-corrected chi connectivity index (χ3v) is 3.65. The van der Waals surface area contributed by atoms with Crippen LogP contribution in [0, 0.1) is 6.92 Å². The number of benzene rings is 1. The maximum absolute atomic E-state index is 5.46. The van der Waals surface area contributed by atoms with Gasteiger partial charge in [0, 0.05) is 12.6 Å². The van der Waals surface area contributed by atoms with Crippen LogP contribution in [0.2, 0.25) is 0 Å². The molecule has 1 atom stereocenters. The molecule has 0 saturated heterocycles. The van der Waals surface area contributed by atoms with Crippen molar-refractivity contribution in [2.24, 2.45) is 7.05 Å². The predicted octanol–water partition coefficient (Wildman–Crippen LogP) is 2.20. The highest BCUT2D eigenvalue weighted by Crippen LogP contribution is 2.32. The van der Waals surface area contributed by atoms with E-state index in [-0.39, 0.29) is 6.04 Å². The zero-order chi connectivity index (χ0) is 14.0. The van der Waals surface area contributed by atoms with Gasteiger partial charge in [0.1, 0.15) is 5.75 Å². The molecule has 0 spiro atoms. The van der Waals surface area contributed by atoms with Crippen LogP contribution in [-0.2, 0) is 7.05 Å². The van der Waals surface area contributed by atoms with Crippen LogP contribution in [0.5, 0.6) is 5.75 Å². The van der Waals surface area contributed by atoms with Crippen molar-refractivity contribution in [2.45, 2.75) is 13.0 Å². The molecule has 5 nitrogen and oxygen atoms in total. The molecule has 19 heavy (non-hydrogen) atoms. The number of aromatic nitrogens is 3. The van der Waals surface area contributed by atoms with Crippen molar-refractivity contribution in [3.8, 4) is 5.75 Å². The maximum Gasteiger partial charge on any atom is 0.153 e. The number of aryl methyl sites for hydroxylation is 2. The quantitative estimate of drug-likeness (QED) is 0.936. The van der Waals surface area contributed by atoms with Crippen molar-refractivity contribution in [1.82, 2.24) is 20.3 Å². The largest absolute Gasteiger partial charge is 0.496 e. The second-order valence-corrected chi connectivity index (χ2v) is 5.11. The molecule has 1 N–H and O–H groups in total. The van der Waals surface area contributed by atoms with E-state index in [1.807, 2.05) is 26.2 Å². The van der Waals surface area contributed by atoms with Gasteiger partial charge in [0.05, 0.1) is 18.8 Å². The van der Waals surface area contributed by atoms with Crippen LogP contribution in [-0.4, -0.2) is 29.2 Å². The van der Waals surface area contributed by atoms with Gasteiger partial charge in [-0.05, 0) is 36.0 Å². The number of hydrogen-bond donors (Lipinski definition) is 1. The van der Waals surface area contributed by atoms with E-state index in [2.05, 4.69) is 44.5 Å². The summed E-state index contributed by atoms with van der Waals surface area (Å²) in [7, 11) is 5.46. The first kappa shape index (κ1) is 14.0. The molecule has 2 aromatic rings. The third kappa shape index (κ3) is 2.64. The molecule has 0 amide bonds. The van der Waals surface area contributed by atoms with Crippen molar-refractivity contribution in [3.05, 3.63) is 39.6 Å². The van der Waals surface area contributed by atoms with Gasteiger partial charge in [-0.25, -0.2) is 4.68 Å². The Bertz CT molecular complexity index is 563. The fourth-order valence-corrected chi connectivity index (χ4v) is 2.72. The van der Waals surface area contributed by atoms with Gasteiger partial charge in [0.2, 0.25) is 0 Å². The molecule has 1 unspecified atom stereocenters. The number of nitrogens with one attached hydrogen (secondary N) is 1. The summed E-state index contributed by atoms with van der Waals surface area (Å²) in [5, 5.41) is 11.4. The summed E-state index contributed by atoms with van der Waals surface area (Å²) in [6.45, 7) is 2.06. The minimum atomic E-state index is -0.0378. The average molecular weight is 325 g/mol. The van der Waals surface area contributed by atoms with Crippen LogP contribution in [0.4, 0.5) is 0 Å². The second-order valence-electron chi connectivity index (χ2n) is 4.36. The molecule has 0 aliphatic heterocycles. The van der Waals surface area contributed by atoms with Crippen molar-refractivity contribution in [1.29, 1.82) is 0 Å². The highest BCUT2D eigenvalue weighted by molar-refractivity contribution is 9.10. The molecule has 2 rings (SSSR count). The first-order valence-electron chi connectivity index (χ1n) is 5.95. The van der Waals surface area contributed by atoms with E-state index in [0.717, 1.165) is 21.6 Å². The number of methoxy groups -OCH3 is 1. The number of hydrogen-bond acceptors (Lipinski definition) is 4. The highest BCUT2D eigenvalue weighted by Gasteiger charge is 2.23. The summed E-state index contributed by atoms with van der Waals surface area (Å²) >= 11 is 3.45. The summed E-state index contributed by atoms with van der Waals surface area (Å²) in [6, 6.07) is 6.09. The van der Waals surface area contributed by atoms with Gasteiger partial charge in [-0.15, -0.1) is 5.10 Å². The van der Waals surface area contributed by atoms with E-state index in [9.17, 15) is 0 Å². The van der Waals surface area contributed by atoms with Crippen molar-refractivity contribution in [2.75, 3.05) is 14.2 Å². The fourth-order valence-electron chi connectivity index (χ4n) is 2.16. The van der Waals surface area contributed by atoms with E-state index >= 15 is 0 Å². The zero-order valence-corrected chi connectivity index (χ0v) is 13.0. The predicted molar refractivity (Wildman–Crippen MR) is 77.3 cm³/mol. The first-order valence-corrected chi connectivity index (χ1v) is 6.74. The molecule has 0 aliphatic rings. The van der Waals surface area contributed by atoms with Crippen LogP contribution >= 0.6 is 15.9 Å². The molecule has 1 aromatic carbocycles. The van der Waals surface area contributed by atoms with Gasteiger partial charge >= 0.3 is 0 Å². The number of nitrogens with zero attached hydrogens (tertiary/aromatic N) is 3. The number of ether oxygens (including phenoxy) is 1. The minimum Gasteiger partial charge on any atom is -0.496 e. The van der Waals surface area contributed by atoms with Crippen LogP contribution in [0.25, 0.3) is 0 Å². The zero-order valence-electron chi connectivity index (χ0n) is 11.4. The number of rotatable bonds is 4. The molecule has 0 bridgehead atoms. The molecule has 0 saturated carbocycles. The summed E-state index contributed by atoms with van der Waals surface area (Å²) in [6.07, 6.45) is 0. The molecule has 102 valence electrons. The minimum absolute atomic E-state index is 0.0378. The Morgan fingerprint density at radius 1 is 1.42 bits per heavy atom. The Morgan fingerprint density at radius 2 is 2.16 bits per heavy atom. The molecular formula is C13H17BrN4O. The van der Waals surface area contributed by atoms with E-state index in [1.54, 1.807) is 11.8 Å². The smallest absolute Gasteiger partial charge is 0.153 e. The molecule has 1 heterocycles. The van der Waals surface area contributed by atoms with Crippen molar-refractivity contribution in [3.63, 3.8) is 0 Å². The van der Waals surface area contributed by atoms with Gasteiger partial charge in [-0.2, -0.15) is 0 Å². The normalized spacial score (nSPS) is 12.5. The van der Waals surface area contributed by atoms with E-state index in [1.165, 1.54) is 5.56 Å². The Balaban J connectivity index is 2.57. The lowest BCUT2D eigenvalue weighted by Gasteiger charge is -2.20. The molecule has 1 aromatic heterocycles. The van der Waals surface area contributed by atoms with Gasteiger partial charge < -0.3 is 10.1 Å². The Labute approximate surface area is 121 Å². The van der Waals surface area contributed by atoms with Crippen molar-refractivity contribution >= 4 is 15.9 Å². The fraction of sp³-hybridized carbons (Fsp3) is 0.385. The Hall–Kier alpha value is -1.40. The molecule has 0 aliphatic carbocycles. The van der Waals surface area contributed by atoms with E-state index in [4.69, 9.17) is 4.74 Å². The lowest BCUT2D eigenvalue weighted by atomic mass is 10.0. The standard InChI is InChI=1S/C13H17BrN4O/c1-8-5-6-10(19-4)9(7-8)11(15-2)12-13(14)16-17-18(12)3/h5-7,11,15H,1-4H3. The molecule has 0 fully saturated rings. The average Bonchev–Trinajstić information content (AvgIpc) is 2.72. The SMILES string of the molecule is CNC(c1cc(C)ccc1OC)c1c(Br)nnn1C. The molecule has 6 heteroatoms. The van der Waals surface area contributed by atoms with Crippen molar-refractivity contribution < 1.29 is 4.74 Å². The van der Waals surface area contributed by atoms with Gasteiger partial charge in [-0.1, -0.05) is 22.9 Å². The number of halogens is 1. The van der Waals surface area contributed by atoms with E-state index in [0.29, 0.717) is 0 Å². The third-order valence-electron chi connectivity index (χ3n) is 3.09. The van der Waals surface area contributed by atoms with Gasteiger partial charge in [0.25, 0.3) is 0 Å². The van der Waals surface area contributed by atoms with Crippen LogP contribution in [0.15, 0.2) is 22.8 Å². The second kappa shape index (κ2) is 5.71. The van der Waals surface area contributed by atoms with Gasteiger partial charge in [-0.3, -0.25) is 0 Å².